The van der Waals surface area contributed by atoms with Crippen molar-refractivity contribution in [1.82, 2.24) is 4.90 Å². The van der Waals surface area contributed by atoms with Gasteiger partial charge in [-0.15, -0.1) is 11.3 Å². The molecule has 1 aromatic heterocycles. The highest BCUT2D eigenvalue weighted by Crippen LogP contribution is 2.29. The summed E-state index contributed by atoms with van der Waals surface area (Å²) in [6.07, 6.45) is 0.144. The van der Waals surface area contributed by atoms with Gasteiger partial charge in [0, 0.05) is 4.88 Å². The van der Waals surface area contributed by atoms with Gasteiger partial charge in [-0.1, -0.05) is 36.4 Å². The van der Waals surface area contributed by atoms with Crippen molar-refractivity contribution in [3.63, 3.8) is 0 Å². The van der Waals surface area contributed by atoms with Gasteiger partial charge in [0.25, 0.3) is 5.91 Å². The third-order valence-electron chi connectivity index (χ3n) is 5.33. The quantitative estimate of drug-likeness (QED) is 0.488. The molecule has 1 aliphatic heterocycles. The molecule has 0 N–H and O–H groups in total. The molecule has 7 heteroatoms. The Balaban J connectivity index is 1.58. The number of amides is 3. The first-order valence-corrected chi connectivity index (χ1v) is 11.4. The van der Waals surface area contributed by atoms with Crippen LogP contribution in [0.2, 0.25) is 0 Å². The lowest BCUT2D eigenvalue weighted by molar-refractivity contribution is -0.138. The van der Waals surface area contributed by atoms with Crippen molar-refractivity contribution in [1.29, 1.82) is 0 Å². The molecule has 2 heterocycles. The molecule has 0 saturated carbocycles. The molecule has 0 aliphatic carbocycles. The van der Waals surface area contributed by atoms with Crippen molar-refractivity contribution in [3.8, 4) is 5.75 Å². The van der Waals surface area contributed by atoms with Crippen molar-refractivity contribution in [3.05, 3.63) is 82.6 Å². The first kappa shape index (κ1) is 21.8. The molecule has 3 amide bonds. The first-order chi connectivity index (χ1) is 15.6. The Morgan fingerprint density at radius 3 is 2.47 bits per heavy atom. The van der Waals surface area contributed by atoms with Crippen LogP contribution in [0.25, 0.3) is 0 Å². The van der Waals surface area contributed by atoms with E-state index in [1.165, 1.54) is 16.2 Å². The summed E-state index contributed by atoms with van der Waals surface area (Å²) in [5, 5.41) is 1.93. The summed E-state index contributed by atoms with van der Waals surface area (Å²) in [7, 11) is 0. The van der Waals surface area contributed by atoms with Gasteiger partial charge in [-0.2, -0.15) is 0 Å². The molecule has 0 radical (unpaired) electrons. The molecular weight excluding hydrogens is 424 g/mol. The summed E-state index contributed by atoms with van der Waals surface area (Å²) < 4.78 is 5.44. The average Bonchev–Trinajstić information content (AvgIpc) is 3.41. The molecule has 3 aromatic rings. The zero-order valence-corrected chi connectivity index (χ0v) is 18.6. The second-order valence-electron chi connectivity index (χ2n) is 7.48. The van der Waals surface area contributed by atoms with E-state index in [9.17, 15) is 14.4 Å². The van der Waals surface area contributed by atoms with Crippen molar-refractivity contribution in [2.24, 2.45) is 0 Å². The van der Waals surface area contributed by atoms with Crippen LogP contribution in [0.3, 0.4) is 0 Å². The molecule has 1 fully saturated rings. The van der Waals surface area contributed by atoms with Crippen molar-refractivity contribution >= 4 is 34.7 Å². The Morgan fingerprint density at radius 1 is 1.06 bits per heavy atom. The predicted octanol–water partition coefficient (Wildman–Crippen LogP) is 4.05. The highest BCUT2D eigenvalue weighted by atomic mass is 32.1. The fourth-order valence-corrected chi connectivity index (χ4v) is 4.51. The molecule has 1 atom stereocenters. The second kappa shape index (κ2) is 9.78. The van der Waals surface area contributed by atoms with Gasteiger partial charge in [-0.3, -0.25) is 14.4 Å². The summed E-state index contributed by atoms with van der Waals surface area (Å²) in [5.41, 5.74) is 1.35. The molecule has 1 saturated heterocycles. The smallest absolute Gasteiger partial charge is 0.257 e. The molecule has 2 aromatic carbocycles. The fraction of sp³-hybridized carbons (Fsp3) is 0.240. The lowest BCUT2D eigenvalue weighted by Crippen LogP contribution is -2.45. The average molecular weight is 449 g/mol. The number of nitrogens with zero attached hydrogens (tertiary/aromatic N) is 2. The molecule has 6 nitrogen and oxygen atoms in total. The molecule has 0 spiro atoms. The van der Waals surface area contributed by atoms with Crippen molar-refractivity contribution in [2.75, 3.05) is 11.5 Å². The largest absolute Gasteiger partial charge is 0.494 e. The van der Waals surface area contributed by atoms with Gasteiger partial charge < -0.3 is 9.64 Å². The molecule has 1 aliphatic rings. The van der Waals surface area contributed by atoms with Crippen LogP contribution in [-0.4, -0.2) is 35.3 Å². The molecule has 164 valence electrons. The third kappa shape index (κ3) is 4.73. The van der Waals surface area contributed by atoms with E-state index in [4.69, 9.17) is 4.74 Å². The number of carbonyl (C=O) groups excluding carboxylic acids is 3. The van der Waals surface area contributed by atoms with Crippen LogP contribution in [0.5, 0.6) is 5.75 Å². The summed E-state index contributed by atoms with van der Waals surface area (Å²) in [6, 6.07) is 19.3. The number of hydrogen-bond donors (Lipinski definition) is 0. The maximum absolute atomic E-state index is 13.3. The Kier molecular flexibility index (Phi) is 6.66. The second-order valence-corrected chi connectivity index (χ2v) is 8.51. The van der Waals surface area contributed by atoms with Crippen LogP contribution in [0.4, 0.5) is 5.69 Å². The standard InChI is InChI=1S/C25H24N2O4S/c1-2-31-20-12-10-19(11-13-20)27-24(29)16-22(25(27)30)26(17-21-9-6-14-32-21)23(28)15-18-7-4-3-5-8-18/h3-14,22H,2,15-17H2,1H3. The van der Waals surface area contributed by atoms with Crippen molar-refractivity contribution in [2.45, 2.75) is 32.4 Å². The normalized spacial score (nSPS) is 15.8. The van der Waals surface area contributed by atoms with Gasteiger partial charge in [-0.25, -0.2) is 4.90 Å². The predicted molar refractivity (Wildman–Crippen MR) is 124 cm³/mol. The van der Waals surface area contributed by atoms with E-state index in [2.05, 4.69) is 0 Å². The van der Waals surface area contributed by atoms with E-state index >= 15 is 0 Å². The fourth-order valence-electron chi connectivity index (χ4n) is 3.80. The van der Waals surface area contributed by atoms with Crippen LogP contribution in [0, 0.1) is 0 Å². The number of ether oxygens (including phenoxy) is 1. The Morgan fingerprint density at radius 2 is 1.81 bits per heavy atom. The highest BCUT2D eigenvalue weighted by molar-refractivity contribution is 7.09. The Hall–Kier alpha value is -3.45. The Bertz CT molecular complexity index is 1080. The van der Waals surface area contributed by atoms with E-state index in [0.717, 1.165) is 10.4 Å². The van der Waals surface area contributed by atoms with Gasteiger partial charge in [0.15, 0.2) is 0 Å². The number of hydrogen-bond acceptors (Lipinski definition) is 5. The first-order valence-electron chi connectivity index (χ1n) is 10.5. The zero-order chi connectivity index (χ0) is 22.5. The molecule has 4 rings (SSSR count). The molecular formula is C25H24N2O4S. The van der Waals surface area contributed by atoms with E-state index in [1.807, 2.05) is 54.8 Å². The number of imide groups is 1. The summed E-state index contributed by atoms with van der Waals surface area (Å²) in [6.45, 7) is 2.72. The number of carbonyl (C=O) groups is 3. The van der Waals surface area contributed by atoms with Crippen LogP contribution < -0.4 is 9.64 Å². The van der Waals surface area contributed by atoms with E-state index in [-0.39, 0.29) is 30.6 Å². The number of anilines is 1. The van der Waals surface area contributed by atoms with Gasteiger partial charge >= 0.3 is 0 Å². The van der Waals surface area contributed by atoms with Gasteiger partial charge in [0.2, 0.25) is 11.8 Å². The number of rotatable bonds is 8. The SMILES string of the molecule is CCOc1ccc(N2C(=O)CC(N(Cc3cccs3)C(=O)Cc3ccccc3)C2=O)cc1. The highest BCUT2D eigenvalue weighted by Gasteiger charge is 2.44. The van der Waals surface area contributed by atoms with Gasteiger partial charge in [-0.05, 0) is 48.2 Å². The zero-order valence-electron chi connectivity index (χ0n) is 17.8. The maximum atomic E-state index is 13.3. The third-order valence-corrected chi connectivity index (χ3v) is 6.19. The molecule has 0 bridgehead atoms. The van der Waals surface area contributed by atoms with Gasteiger partial charge in [0.05, 0.1) is 31.7 Å². The van der Waals surface area contributed by atoms with Crippen LogP contribution in [0.1, 0.15) is 23.8 Å². The topological polar surface area (TPSA) is 66.9 Å². The lowest BCUT2D eigenvalue weighted by atomic mass is 10.1. The Labute approximate surface area is 191 Å². The summed E-state index contributed by atoms with van der Waals surface area (Å²) in [4.78, 5) is 43.1. The number of thiophene rings is 1. The molecule has 32 heavy (non-hydrogen) atoms. The van der Waals surface area contributed by atoms with Crippen molar-refractivity contribution < 1.29 is 19.1 Å². The van der Waals surface area contributed by atoms with E-state index < -0.39 is 6.04 Å². The summed E-state index contributed by atoms with van der Waals surface area (Å²) >= 11 is 1.52. The van der Waals surface area contributed by atoms with Crippen LogP contribution in [-0.2, 0) is 27.3 Å². The van der Waals surface area contributed by atoms with E-state index in [0.29, 0.717) is 24.6 Å². The van der Waals surface area contributed by atoms with Crippen LogP contribution in [0.15, 0.2) is 72.1 Å². The minimum absolute atomic E-state index is 0.0298. The number of benzene rings is 2. The minimum atomic E-state index is -0.826. The molecule has 1 unspecified atom stereocenters. The minimum Gasteiger partial charge on any atom is -0.494 e. The van der Waals surface area contributed by atoms with Crippen LogP contribution >= 0.6 is 11.3 Å². The maximum Gasteiger partial charge on any atom is 0.257 e. The summed E-state index contributed by atoms with van der Waals surface area (Å²) in [5.74, 6) is -0.196. The monoisotopic (exact) mass is 448 g/mol. The van der Waals surface area contributed by atoms with Gasteiger partial charge in [0.1, 0.15) is 11.8 Å². The lowest BCUT2D eigenvalue weighted by Gasteiger charge is -2.27. The van der Waals surface area contributed by atoms with E-state index in [1.54, 1.807) is 29.2 Å².